The van der Waals surface area contributed by atoms with Gasteiger partial charge in [-0.2, -0.15) is 0 Å². The third kappa shape index (κ3) is 7.12. The van der Waals surface area contributed by atoms with E-state index in [1.807, 2.05) is 61.5 Å². The lowest BCUT2D eigenvalue weighted by Gasteiger charge is -2.26. The molecule has 3 aromatic rings. The predicted molar refractivity (Wildman–Crippen MR) is 131 cm³/mol. The number of aromatic nitrogens is 4. The van der Waals surface area contributed by atoms with E-state index in [0.717, 1.165) is 25.3 Å². The van der Waals surface area contributed by atoms with Crippen LogP contribution in [0.5, 0.6) is 0 Å². The smallest absolute Gasteiger partial charge is 0.269 e. The molecule has 2 aromatic carbocycles. The molecule has 0 aliphatic carbocycles. The summed E-state index contributed by atoms with van der Waals surface area (Å²) in [5.74, 6) is 0.980. The molecule has 0 aliphatic rings. The van der Waals surface area contributed by atoms with E-state index >= 15 is 0 Å². The zero-order valence-corrected chi connectivity index (χ0v) is 19.9. The van der Waals surface area contributed by atoms with Gasteiger partial charge in [-0.1, -0.05) is 41.9 Å². The van der Waals surface area contributed by atoms with Crippen LogP contribution >= 0.6 is 11.6 Å². The third-order valence-electron chi connectivity index (χ3n) is 4.92. The van der Waals surface area contributed by atoms with Gasteiger partial charge in [0.2, 0.25) is 0 Å². The number of halogens is 1. The van der Waals surface area contributed by atoms with E-state index in [9.17, 15) is 0 Å². The summed E-state index contributed by atoms with van der Waals surface area (Å²) < 4.78 is 0. The van der Waals surface area contributed by atoms with Gasteiger partial charge in [-0.05, 0) is 58.0 Å². The molecule has 8 nitrogen and oxygen atoms in total. The standard InChI is InChI=1S/C23H31ClN8/c1-29(2)14-16-31(18-19-8-6-5-7-9-19)22-25-27-23(28-26-22)32(17-15-30(3)4)21-12-10-20(24)11-13-21/h5-13H,14-18H2,1-4H3. The lowest BCUT2D eigenvalue weighted by molar-refractivity contribution is 0.410. The summed E-state index contributed by atoms with van der Waals surface area (Å²) in [7, 11) is 8.17. The molecule has 0 fully saturated rings. The van der Waals surface area contributed by atoms with Gasteiger partial charge in [-0.3, -0.25) is 0 Å². The lowest BCUT2D eigenvalue weighted by Crippen LogP contribution is -2.34. The fraction of sp³-hybridized carbons (Fsp3) is 0.391. The van der Waals surface area contributed by atoms with Crippen molar-refractivity contribution in [3.8, 4) is 0 Å². The van der Waals surface area contributed by atoms with Gasteiger partial charge in [-0.25, -0.2) is 0 Å². The first-order chi connectivity index (χ1) is 15.4. The number of rotatable bonds is 11. The Morgan fingerprint density at radius 3 is 1.81 bits per heavy atom. The molecule has 0 saturated heterocycles. The highest BCUT2D eigenvalue weighted by Crippen LogP contribution is 2.23. The zero-order chi connectivity index (χ0) is 22.9. The van der Waals surface area contributed by atoms with Crippen LogP contribution in [0.25, 0.3) is 0 Å². The summed E-state index contributed by atoms with van der Waals surface area (Å²) in [5, 5.41) is 18.5. The van der Waals surface area contributed by atoms with Crippen LogP contribution in [0, 0.1) is 0 Å². The number of nitrogens with zero attached hydrogens (tertiary/aromatic N) is 8. The highest BCUT2D eigenvalue weighted by atomic mass is 35.5. The lowest BCUT2D eigenvalue weighted by atomic mass is 10.2. The summed E-state index contributed by atoms with van der Waals surface area (Å²) in [4.78, 5) is 8.35. The largest absolute Gasteiger partial charge is 0.333 e. The molecular weight excluding hydrogens is 424 g/mol. The van der Waals surface area contributed by atoms with Gasteiger partial charge in [0.05, 0.1) is 0 Å². The SMILES string of the molecule is CN(C)CCN(Cc1ccccc1)c1nnc(N(CCN(C)C)c2ccc(Cl)cc2)nn1. The van der Waals surface area contributed by atoms with Crippen LogP contribution in [0.15, 0.2) is 54.6 Å². The molecule has 3 rings (SSSR count). The quantitative estimate of drug-likeness (QED) is 0.437. The predicted octanol–water partition coefficient (Wildman–Crippen LogP) is 3.19. The molecule has 0 bridgehead atoms. The highest BCUT2D eigenvalue weighted by Gasteiger charge is 2.17. The van der Waals surface area contributed by atoms with Crippen LogP contribution in [0.2, 0.25) is 5.02 Å². The second-order valence-electron chi connectivity index (χ2n) is 8.14. The highest BCUT2D eigenvalue weighted by molar-refractivity contribution is 6.30. The van der Waals surface area contributed by atoms with Crippen molar-refractivity contribution in [3.63, 3.8) is 0 Å². The van der Waals surface area contributed by atoms with Crippen LogP contribution in [-0.4, -0.2) is 84.6 Å². The molecule has 0 radical (unpaired) electrons. The Morgan fingerprint density at radius 1 is 0.656 bits per heavy atom. The molecule has 1 heterocycles. The van der Waals surface area contributed by atoms with Crippen molar-refractivity contribution in [2.24, 2.45) is 0 Å². The van der Waals surface area contributed by atoms with Gasteiger partial charge in [0.1, 0.15) is 0 Å². The summed E-state index contributed by atoms with van der Waals surface area (Å²) in [6.45, 7) is 3.87. The van der Waals surface area contributed by atoms with E-state index < -0.39 is 0 Å². The van der Waals surface area contributed by atoms with E-state index in [4.69, 9.17) is 11.6 Å². The minimum absolute atomic E-state index is 0.463. The minimum atomic E-state index is 0.463. The van der Waals surface area contributed by atoms with E-state index in [1.54, 1.807) is 0 Å². The Hall–Kier alpha value is -2.81. The summed E-state index contributed by atoms with van der Waals surface area (Å²) >= 11 is 6.07. The molecule has 0 atom stereocenters. The number of likely N-dealkylation sites (N-methyl/N-ethyl adjacent to an activating group) is 2. The molecule has 9 heteroatoms. The fourth-order valence-electron chi connectivity index (χ4n) is 3.09. The van der Waals surface area contributed by atoms with Crippen molar-refractivity contribution >= 4 is 29.2 Å². The van der Waals surface area contributed by atoms with Crippen LogP contribution in [0.4, 0.5) is 17.6 Å². The molecule has 170 valence electrons. The van der Waals surface area contributed by atoms with Crippen molar-refractivity contribution in [1.29, 1.82) is 0 Å². The van der Waals surface area contributed by atoms with E-state index in [-0.39, 0.29) is 0 Å². The monoisotopic (exact) mass is 454 g/mol. The van der Waals surface area contributed by atoms with Crippen molar-refractivity contribution in [3.05, 3.63) is 65.2 Å². The van der Waals surface area contributed by atoms with E-state index in [0.29, 0.717) is 30.0 Å². The van der Waals surface area contributed by atoms with Crippen LogP contribution in [-0.2, 0) is 6.54 Å². The maximum Gasteiger partial charge on any atom is 0.269 e. The van der Waals surface area contributed by atoms with Gasteiger partial charge in [0.25, 0.3) is 11.9 Å². The van der Waals surface area contributed by atoms with Crippen LogP contribution in [0.1, 0.15) is 5.56 Å². The molecule has 32 heavy (non-hydrogen) atoms. The number of benzene rings is 2. The second kappa shape index (κ2) is 11.7. The van der Waals surface area contributed by atoms with Gasteiger partial charge in [-0.15, -0.1) is 20.4 Å². The summed E-state index contributed by atoms with van der Waals surface area (Å²) in [5.41, 5.74) is 2.13. The van der Waals surface area contributed by atoms with Gasteiger partial charge >= 0.3 is 0 Å². The maximum absolute atomic E-state index is 6.07. The first-order valence-electron chi connectivity index (χ1n) is 10.6. The van der Waals surface area contributed by atoms with E-state index in [1.165, 1.54) is 5.56 Å². The zero-order valence-electron chi connectivity index (χ0n) is 19.2. The van der Waals surface area contributed by atoms with Crippen LogP contribution < -0.4 is 9.80 Å². The van der Waals surface area contributed by atoms with E-state index in [2.05, 4.69) is 61.3 Å². The fourth-order valence-corrected chi connectivity index (χ4v) is 3.22. The van der Waals surface area contributed by atoms with Crippen molar-refractivity contribution in [2.75, 3.05) is 64.2 Å². The molecular formula is C23H31ClN8. The Labute approximate surface area is 195 Å². The molecule has 0 N–H and O–H groups in total. The molecule has 1 aromatic heterocycles. The second-order valence-corrected chi connectivity index (χ2v) is 8.58. The van der Waals surface area contributed by atoms with Gasteiger partial charge in [0, 0.05) is 43.4 Å². The van der Waals surface area contributed by atoms with Gasteiger partial charge < -0.3 is 19.6 Å². The minimum Gasteiger partial charge on any atom is -0.333 e. The van der Waals surface area contributed by atoms with Crippen molar-refractivity contribution < 1.29 is 0 Å². The summed E-state index contributed by atoms with van der Waals surface area (Å²) in [6.07, 6.45) is 0. The first kappa shape index (κ1) is 23.8. The summed E-state index contributed by atoms with van der Waals surface area (Å²) in [6, 6.07) is 17.9. The third-order valence-corrected chi connectivity index (χ3v) is 5.18. The number of hydrogen-bond donors (Lipinski definition) is 0. The Morgan fingerprint density at radius 2 is 1.22 bits per heavy atom. The van der Waals surface area contributed by atoms with Crippen molar-refractivity contribution in [2.45, 2.75) is 6.54 Å². The molecule has 0 saturated carbocycles. The Bertz CT molecular complexity index is 932. The Kier molecular flexibility index (Phi) is 8.72. The molecule has 0 amide bonds. The molecule has 0 spiro atoms. The maximum atomic E-state index is 6.07. The average Bonchev–Trinajstić information content (AvgIpc) is 2.79. The number of anilines is 3. The average molecular weight is 455 g/mol. The molecule has 0 aliphatic heterocycles. The Balaban J connectivity index is 1.83. The normalized spacial score (nSPS) is 11.2. The van der Waals surface area contributed by atoms with Crippen molar-refractivity contribution in [1.82, 2.24) is 30.2 Å². The first-order valence-corrected chi connectivity index (χ1v) is 11.0. The number of hydrogen-bond acceptors (Lipinski definition) is 8. The molecule has 0 unspecified atom stereocenters. The van der Waals surface area contributed by atoms with Crippen LogP contribution in [0.3, 0.4) is 0 Å². The topological polar surface area (TPSA) is 64.5 Å². The van der Waals surface area contributed by atoms with Gasteiger partial charge in [0.15, 0.2) is 0 Å².